The fourth-order valence-corrected chi connectivity index (χ4v) is 4.08. The van der Waals surface area contributed by atoms with Crippen molar-refractivity contribution >= 4 is 34.7 Å². The Kier molecular flexibility index (Phi) is 6.35. The maximum atomic E-state index is 10.7. The minimum atomic E-state index is -1.15. The normalized spacial score (nSPS) is 25.9. The summed E-state index contributed by atoms with van der Waals surface area (Å²) in [5.74, 6) is 0.498. The van der Waals surface area contributed by atoms with Crippen LogP contribution in [0.4, 0.5) is 5.82 Å². The van der Waals surface area contributed by atoms with E-state index in [1.807, 2.05) is 19.0 Å². The number of hydrogen-bond acceptors (Lipinski definition) is 10. The van der Waals surface area contributed by atoms with Gasteiger partial charge < -0.3 is 30.7 Å². The Morgan fingerprint density at radius 2 is 2.11 bits per heavy atom. The highest BCUT2D eigenvalue weighted by Gasteiger charge is 2.44. The number of aliphatic carboxylic acids is 1. The minimum absolute atomic E-state index is 0.311. The second-order valence-electron chi connectivity index (χ2n) is 6.77. The molecule has 2 aromatic heterocycles. The van der Waals surface area contributed by atoms with Crippen LogP contribution in [-0.4, -0.2) is 90.8 Å². The van der Waals surface area contributed by atoms with Crippen molar-refractivity contribution in [2.24, 2.45) is 5.73 Å². The van der Waals surface area contributed by atoms with E-state index in [0.717, 1.165) is 0 Å². The average Bonchev–Trinajstić information content (AvgIpc) is 3.20. The number of aliphatic hydroxyl groups is 2. The first-order chi connectivity index (χ1) is 13.3. The number of carbonyl (C=O) groups is 1. The predicted molar refractivity (Wildman–Crippen MR) is 103 cm³/mol. The van der Waals surface area contributed by atoms with Gasteiger partial charge in [0.1, 0.15) is 24.6 Å². The van der Waals surface area contributed by atoms with Crippen LogP contribution in [0.5, 0.6) is 0 Å². The predicted octanol–water partition coefficient (Wildman–Crippen LogP) is -0.953. The summed E-state index contributed by atoms with van der Waals surface area (Å²) in [5, 5.41) is 29.6. The molecule has 0 bridgehead atoms. The molecule has 0 spiro atoms. The molecule has 5 unspecified atom stereocenters. The Bertz CT molecular complexity index is 833. The number of imidazole rings is 1. The lowest BCUT2D eigenvalue weighted by Gasteiger charge is -2.17. The Hall–Kier alpha value is -1.99. The van der Waals surface area contributed by atoms with E-state index in [-0.39, 0.29) is 0 Å². The zero-order valence-corrected chi connectivity index (χ0v) is 16.4. The lowest BCUT2D eigenvalue weighted by molar-refractivity contribution is -0.138. The zero-order valence-electron chi connectivity index (χ0n) is 15.5. The zero-order chi connectivity index (χ0) is 20.4. The van der Waals surface area contributed by atoms with Gasteiger partial charge in [0.2, 0.25) is 0 Å². The van der Waals surface area contributed by atoms with Crippen molar-refractivity contribution in [2.75, 3.05) is 30.5 Å². The van der Waals surface area contributed by atoms with E-state index >= 15 is 0 Å². The first-order valence-corrected chi connectivity index (χ1v) is 9.89. The maximum Gasteiger partial charge on any atom is 0.320 e. The summed E-state index contributed by atoms with van der Waals surface area (Å²) < 4.78 is 7.46. The Labute approximate surface area is 165 Å². The van der Waals surface area contributed by atoms with E-state index < -0.39 is 36.6 Å². The van der Waals surface area contributed by atoms with Crippen molar-refractivity contribution in [3.05, 3.63) is 12.7 Å². The summed E-state index contributed by atoms with van der Waals surface area (Å²) in [6.07, 6.45) is -0.456. The van der Waals surface area contributed by atoms with Crippen molar-refractivity contribution in [1.29, 1.82) is 0 Å². The van der Waals surface area contributed by atoms with Gasteiger partial charge in [-0.15, -0.1) is 0 Å². The molecule has 0 saturated carbocycles. The molecule has 2 aromatic rings. The van der Waals surface area contributed by atoms with Gasteiger partial charge in [-0.3, -0.25) is 9.36 Å². The number of ether oxygens (including phenoxy) is 1. The molecule has 28 heavy (non-hydrogen) atoms. The van der Waals surface area contributed by atoms with E-state index in [1.54, 1.807) is 4.57 Å². The van der Waals surface area contributed by atoms with Gasteiger partial charge in [0, 0.05) is 19.8 Å². The van der Waals surface area contributed by atoms with Crippen LogP contribution in [0.15, 0.2) is 12.7 Å². The van der Waals surface area contributed by atoms with Gasteiger partial charge >= 0.3 is 5.97 Å². The molecule has 0 radical (unpaired) electrons. The fourth-order valence-electron chi connectivity index (χ4n) is 2.98. The summed E-state index contributed by atoms with van der Waals surface area (Å²) in [5.41, 5.74) is 6.54. The molecule has 3 heterocycles. The van der Waals surface area contributed by atoms with Gasteiger partial charge in [-0.2, -0.15) is 11.8 Å². The lowest BCUT2D eigenvalue weighted by atomic mass is 10.1. The smallest absolute Gasteiger partial charge is 0.320 e. The molecule has 12 heteroatoms. The summed E-state index contributed by atoms with van der Waals surface area (Å²) >= 11 is 1.41. The van der Waals surface area contributed by atoms with Gasteiger partial charge in [-0.1, -0.05) is 0 Å². The van der Waals surface area contributed by atoms with Gasteiger partial charge in [0.25, 0.3) is 0 Å². The molecule has 1 fully saturated rings. The number of nitrogens with two attached hydrogens (primary N) is 1. The molecule has 1 saturated heterocycles. The standard InChI is InChI=1S/C16H24N6O5S/c1-21(2)13-10-14(19-6-18-13)22(7-20-10)15-12(24)11(23)9(27-15)5-28-4-3-8(17)16(25)26/h6-9,11-12,15,23-24H,3-5,17H2,1-2H3,(H,25,26). The first kappa shape index (κ1) is 20.7. The SMILES string of the molecule is CN(C)c1ncnc2c1ncn2C1OC(CSCCC(N)C(=O)O)C(O)C1O. The largest absolute Gasteiger partial charge is 0.480 e. The molecular weight excluding hydrogens is 388 g/mol. The number of rotatable bonds is 8. The van der Waals surface area contributed by atoms with Crippen molar-refractivity contribution in [3.63, 3.8) is 0 Å². The van der Waals surface area contributed by atoms with Crippen molar-refractivity contribution < 1.29 is 24.9 Å². The Balaban J connectivity index is 1.68. The molecule has 11 nitrogen and oxygen atoms in total. The van der Waals surface area contributed by atoms with Crippen LogP contribution in [0.25, 0.3) is 11.2 Å². The minimum Gasteiger partial charge on any atom is -0.480 e. The van der Waals surface area contributed by atoms with Crippen LogP contribution in [0.1, 0.15) is 12.6 Å². The number of hydrogen-bond donors (Lipinski definition) is 4. The van der Waals surface area contributed by atoms with E-state index in [9.17, 15) is 15.0 Å². The summed E-state index contributed by atoms with van der Waals surface area (Å²) in [6, 6.07) is -0.914. The molecule has 0 aliphatic carbocycles. The number of carboxylic acid groups (broad SMARTS) is 1. The summed E-state index contributed by atoms with van der Waals surface area (Å²) in [7, 11) is 3.68. The van der Waals surface area contributed by atoms with Crippen LogP contribution in [0.3, 0.4) is 0 Å². The van der Waals surface area contributed by atoms with Crippen molar-refractivity contribution in [1.82, 2.24) is 19.5 Å². The first-order valence-electron chi connectivity index (χ1n) is 8.73. The van der Waals surface area contributed by atoms with Gasteiger partial charge in [0.05, 0.1) is 12.4 Å². The Morgan fingerprint density at radius 1 is 1.36 bits per heavy atom. The van der Waals surface area contributed by atoms with Crippen LogP contribution < -0.4 is 10.6 Å². The molecule has 1 aliphatic rings. The third-order valence-corrected chi connectivity index (χ3v) is 5.64. The highest BCUT2D eigenvalue weighted by molar-refractivity contribution is 7.99. The number of aromatic nitrogens is 4. The number of fused-ring (bicyclic) bond motifs is 1. The molecular formula is C16H24N6O5S. The van der Waals surface area contributed by atoms with Gasteiger partial charge in [0.15, 0.2) is 23.2 Å². The molecule has 1 aliphatic heterocycles. The number of anilines is 1. The van der Waals surface area contributed by atoms with Crippen LogP contribution in [0, 0.1) is 0 Å². The lowest BCUT2D eigenvalue weighted by Crippen LogP contribution is -2.33. The molecule has 5 N–H and O–H groups in total. The van der Waals surface area contributed by atoms with E-state index in [1.165, 1.54) is 24.4 Å². The number of aliphatic hydroxyl groups excluding tert-OH is 2. The van der Waals surface area contributed by atoms with Gasteiger partial charge in [-0.25, -0.2) is 15.0 Å². The molecule has 0 aromatic carbocycles. The number of carboxylic acids is 1. The van der Waals surface area contributed by atoms with E-state index in [0.29, 0.717) is 34.9 Å². The van der Waals surface area contributed by atoms with Crippen LogP contribution >= 0.6 is 11.8 Å². The highest BCUT2D eigenvalue weighted by atomic mass is 32.2. The third kappa shape index (κ3) is 4.05. The second kappa shape index (κ2) is 8.57. The van der Waals surface area contributed by atoms with E-state index in [4.69, 9.17) is 15.6 Å². The fraction of sp³-hybridized carbons (Fsp3) is 0.625. The topological polar surface area (TPSA) is 160 Å². The van der Waals surface area contributed by atoms with Gasteiger partial charge in [-0.05, 0) is 12.2 Å². The summed E-state index contributed by atoms with van der Waals surface area (Å²) in [4.78, 5) is 25.3. The molecule has 3 rings (SSSR count). The van der Waals surface area contributed by atoms with Crippen molar-refractivity contribution in [3.8, 4) is 0 Å². The van der Waals surface area contributed by atoms with Crippen molar-refractivity contribution in [2.45, 2.75) is 37.0 Å². The molecule has 154 valence electrons. The van der Waals surface area contributed by atoms with Crippen LogP contribution in [0.2, 0.25) is 0 Å². The second-order valence-corrected chi connectivity index (χ2v) is 7.92. The third-order valence-electron chi connectivity index (χ3n) is 4.55. The monoisotopic (exact) mass is 412 g/mol. The molecule has 5 atom stereocenters. The number of nitrogens with zero attached hydrogens (tertiary/aromatic N) is 5. The number of thioether (sulfide) groups is 1. The van der Waals surface area contributed by atoms with Crippen LogP contribution in [-0.2, 0) is 9.53 Å². The Morgan fingerprint density at radius 3 is 2.79 bits per heavy atom. The summed E-state index contributed by atoms with van der Waals surface area (Å²) in [6.45, 7) is 0. The molecule has 0 amide bonds. The average molecular weight is 412 g/mol. The van der Waals surface area contributed by atoms with E-state index in [2.05, 4.69) is 15.0 Å². The quantitative estimate of drug-likeness (QED) is 0.396. The highest BCUT2D eigenvalue weighted by Crippen LogP contribution is 2.33. The maximum absolute atomic E-state index is 10.7.